The van der Waals surface area contributed by atoms with Crippen LogP contribution in [0.4, 0.5) is 0 Å². The fourth-order valence-corrected chi connectivity index (χ4v) is 2.81. The number of pyridine rings is 1. The number of carboxylic acid groups (broad SMARTS) is 1. The molecule has 1 fully saturated rings. The molecule has 2 rings (SSSR count). The molecule has 0 aliphatic carbocycles. The van der Waals surface area contributed by atoms with Gasteiger partial charge in [-0.1, -0.05) is 13.8 Å². The predicted molar refractivity (Wildman–Crippen MR) is 69.0 cm³/mol. The van der Waals surface area contributed by atoms with Crippen molar-refractivity contribution in [3.8, 4) is 0 Å². The molecule has 0 amide bonds. The standard InChI is InChI=1S/C14H20N2O2/c1-14(2)10-16(8-5-12(14)13(17)18)9-11-3-6-15-7-4-11/h3-4,6-7,12H,5,8-10H2,1-2H3,(H,17,18). The summed E-state index contributed by atoms with van der Waals surface area (Å²) >= 11 is 0. The number of piperidine rings is 1. The third kappa shape index (κ3) is 2.88. The van der Waals surface area contributed by atoms with Crippen LogP contribution in [0.25, 0.3) is 0 Å². The maximum atomic E-state index is 11.2. The second-order valence-electron chi connectivity index (χ2n) is 5.73. The lowest BCUT2D eigenvalue weighted by Crippen LogP contribution is -2.47. The van der Waals surface area contributed by atoms with Crippen LogP contribution in [0.1, 0.15) is 25.8 Å². The number of rotatable bonds is 3. The van der Waals surface area contributed by atoms with Gasteiger partial charge in [-0.3, -0.25) is 14.7 Å². The van der Waals surface area contributed by atoms with E-state index in [-0.39, 0.29) is 11.3 Å². The van der Waals surface area contributed by atoms with E-state index in [1.54, 1.807) is 12.4 Å². The van der Waals surface area contributed by atoms with Crippen LogP contribution >= 0.6 is 0 Å². The van der Waals surface area contributed by atoms with E-state index >= 15 is 0 Å². The number of hydrogen-bond donors (Lipinski definition) is 1. The van der Waals surface area contributed by atoms with Gasteiger partial charge in [0, 0.05) is 25.5 Å². The number of carbonyl (C=O) groups is 1. The first-order valence-corrected chi connectivity index (χ1v) is 6.33. The average molecular weight is 248 g/mol. The normalized spacial score (nSPS) is 23.8. The number of aliphatic carboxylic acids is 1. The first kappa shape index (κ1) is 13.0. The Hall–Kier alpha value is -1.42. The Kier molecular flexibility index (Phi) is 3.66. The van der Waals surface area contributed by atoms with Crippen LogP contribution in [0.15, 0.2) is 24.5 Å². The molecular formula is C14H20N2O2. The summed E-state index contributed by atoms with van der Waals surface area (Å²) in [5, 5.41) is 9.22. The molecule has 0 radical (unpaired) electrons. The molecule has 1 aromatic rings. The van der Waals surface area contributed by atoms with Crippen LogP contribution in [0.2, 0.25) is 0 Å². The largest absolute Gasteiger partial charge is 0.481 e. The van der Waals surface area contributed by atoms with E-state index in [1.165, 1.54) is 5.56 Å². The predicted octanol–water partition coefficient (Wildman–Crippen LogP) is 2.01. The Bertz CT molecular complexity index is 417. The quantitative estimate of drug-likeness (QED) is 0.889. The molecule has 0 saturated carbocycles. The Morgan fingerprint density at radius 3 is 2.72 bits per heavy atom. The van der Waals surface area contributed by atoms with Crippen LogP contribution in [0.5, 0.6) is 0 Å². The Balaban J connectivity index is 2.01. The van der Waals surface area contributed by atoms with Gasteiger partial charge in [0.05, 0.1) is 5.92 Å². The van der Waals surface area contributed by atoms with Crippen molar-refractivity contribution in [3.63, 3.8) is 0 Å². The van der Waals surface area contributed by atoms with Crippen LogP contribution in [-0.2, 0) is 11.3 Å². The second-order valence-corrected chi connectivity index (χ2v) is 5.73. The van der Waals surface area contributed by atoms with E-state index in [0.717, 1.165) is 26.1 Å². The van der Waals surface area contributed by atoms with Gasteiger partial charge >= 0.3 is 5.97 Å². The first-order chi connectivity index (χ1) is 8.49. The van der Waals surface area contributed by atoms with E-state index < -0.39 is 5.97 Å². The van der Waals surface area contributed by atoms with Gasteiger partial charge in [-0.15, -0.1) is 0 Å². The zero-order chi connectivity index (χ0) is 13.2. The molecule has 4 heteroatoms. The molecule has 0 spiro atoms. The number of carboxylic acids is 1. The minimum Gasteiger partial charge on any atom is -0.481 e. The molecule has 1 unspecified atom stereocenters. The molecule has 2 heterocycles. The molecule has 0 bridgehead atoms. The van der Waals surface area contributed by atoms with Crippen molar-refractivity contribution >= 4 is 5.97 Å². The zero-order valence-corrected chi connectivity index (χ0v) is 11.0. The van der Waals surface area contributed by atoms with Crippen LogP contribution in [0.3, 0.4) is 0 Å². The van der Waals surface area contributed by atoms with Gasteiger partial charge < -0.3 is 5.11 Å². The number of hydrogen-bond acceptors (Lipinski definition) is 3. The van der Waals surface area contributed by atoms with Gasteiger partial charge in [-0.05, 0) is 36.1 Å². The van der Waals surface area contributed by atoms with E-state index in [9.17, 15) is 9.90 Å². The third-order valence-electron chi connectivity index (χ3n) is 3.76. The van der Waals surface area contributed by atoms with E-state index in [1.807, 2.05) is 26.0 Å². The molecule has 0 aromatic carbocycles. The highest BCUT2D eigenvalue weighted by atomic mass is 16.4. The summed E-state index contributed by atoms with van der Waals surface area (Å²) in [6, 6.07) is 4.02. The average Bonchev–Trinajstić information content (AvgIpc) is 2.28. The van der Waals surface area contributed by atoms with E-state index in [0.29, 0.717) is 0 Å². The lowest BCUT2D eigenvalue weighted by molar-refractivity contribution is -0.149. The molecule has 98 valence electrons. The lowest BCUT2D eigenvalue weighted by atomic mass is 9.74. The van der Waals surface area contributed by atoms with Crippen molar-refractivity contribution < 1.29 is 9.90 Å². The second kappa shape index (κ2) is 5.06. The summed E-state index contributed by atoms with van der Waals surface area (Å²) < 4.78 is 0. The van der Waals surface area contributed by atoms with Crippen molar-refractivity contribution in [2.75, 3.05) is 13.1 Å². The fourth-order valence-electron chi connectivity index (χ4n) is 2.81. The SMILES string of the molecule is CC1(C)CN(Cc2ccncc2)CCC1C(=O)O. The maximum absolute atomic E-state index is 11.2. The van der Waals surface area contributed by atoms with Crippen molar-refractivity contribution in [2.45, 2.75) is 26.8 Å². The fraction of sp³-hybridized carbons (Fsp3) is 0.571. The Morgan fingerprint density at radius 1 is 1.50 bits per heavy atom. The molecular weight excluding hydrogens is 228 g/mol. The summed E-state index contributed by atoms with van der Waals surface area (Å²) in [6.45, 7) is 6.64. The molecule has 4 nitrogen and oxygen atoms in total. The minimum absolute atomic E-state index is 0.170. The van der Waals surface area contributed by atoms with Crippen LogP contribution < -0.4 is 0 Å². The molecule has 18 heavy (non-hydrogen) atoms. The highest BCUT2D eigenvalue weighted by Gasteiger charge is 2.39. The van der Waals surface area contributed by atoms with Crippen molar-refractivity contribution in [3.05, 3.63) is 30.1 Å². The van der Waals surface area contributed by atoms with Crippen molar-refractivity contribution in [2.24, 2.45) is 11.3 Å². The lowest BCUT2D eigenvalue weighted by Gasteiger charge is -2.42. The summed E-state index contributed by atoms with van der Waals surface area (Å²) in [5.41, 5.74) is 1.06. The van der Waals surface area contributed by atoms with Gasteiger partial charge in [0.1, 0.15) is 0 Å². The third-order valence-corrected chi connectivity index (χ3v) is 3.76. The minimum atomic E-state index is -0.663. The van der Waals surface area contributed by atoms with Gasteiger partial charge in [0.15, 0.2) is 0 Å². The number of aromatic nitrogens is 1. The van der Waals surface area contributed by atoms with Gasteiger partial charge in [-0.2, -0.15) is 0 Å². The van der Waals surface area contributed by atoms with Gasteiger partial charge in [0.2, 0.25) is 0 Å². The summed E-state index contributed by atoms with van der Waals surface area (Å²) in [6.07, 6.45) is 4.32. The van der Waals surface area contributed by atoms with E-state index in [2.05, 4.69) is 9.88 Å². The van der Waals surface area contributed by atoms with Crippen LogP contribution in [0, 0.1) is 11.3 Å². The Labute approximate surface area is 108 Å². The molecule has 1 aromatic heterocycles. The molecule has 1 atom stereocenters. The smallest absolute Gasteiger partial charge is 0.307 e. The molecule has 1 N–H and O–H groups in total. The topological polar surface area (TPSA) is 53.4 Å². The highest BCUT2D eigenvalue weighted by molar-refractivity contribution is 5.71. The van der Waals surface area contributed by atoms with E-state index in [4.69, 9.17) is 0 Å². The van der Waals surface area contributed by atoms with Crippen molar-refractivity contribution in [1.82, 2.24) is 9.88 Å². The maximum Gasteiger partial charge on any atom is 0.307 e. The van der Waals surface area contributed by atoms with Gasteiger partial charge in [0.25, 0.3) is 0 Å². The molecule has 1 aliphatic heterocycles. The summed E-state index contributed by atoms with van der Waals surface area (Å²) in [5.74, 6) is -0.894. The monoisotopic (exact) mass is 248 g/mol. The number of nitrogens with zero attached hydrogens (tertiary/aromatic N) is 2. The first-order valence-electron chi connectivity index (χ1n) is 6.33. The summed E-state index contributed by atoms with van der Waals surface area (Å²) in [7, 11) is 0. The molecule has 1 saturated heterocycles. The van der Waals surface area contributed by atoms with Gasteiger partial charge in [-0.25, -0.2) is 0 Å². The summed E-state index contributed by atoms with van der Waals surface area (Å²) in [4.78, 5) is 17.5. The van der Waals surface area contributed by atoms with Crippen LogP contribution in [-0.4, -0.2) is 34.0 Å². The Morgan fingerprint density at radius 2 is 2.17 bits per heavy atom. The van der Waals surface area contributed by atoms with Crippen molar-refractivity contribution in [1.29, 1.82) is 0 Å². The highest BCUT2D eigenvalue weighted by Crippen LogP contribution is 2.35. The zero-order valence-electron chi connectivity index (χ0n) is 11.0. The molecule has 1 aliphatic rings. The number of likely N-dealkylation sites (tertiary alicyclic amines) is 1.